The van der Waals surface area contributed by atoms with E-state index in [0.29, 0.717) is 23.5 Å². The van der Waals surface area contributed by atoms with Gasteiger partial charge in [-0.15, -0.1) is 0 Å². The zero-order chi connectivity index (χ0) is 14.5. The molecule has 0 bridgehead atoms. The highest BCUT2D eigenvalue weighted by molar-refractivity contribution is 5.94. The highest BCUT2D eigenvalue weighted by Crippen LogP contribution is 2.28. The lowest BCUT2D eigenvalue weighted by Gasteiger charge is -2.16. The molecule has 106 valence electrons. The van der Waals surface area contributed by atoms with Crippen LogP contribution in [0.3, 0.4) is 0 Å². The minimum atomic E-state index is -0.561. The van der Waals surface area contributed by atoms with Gasteiger partial charge in [-0.1, -0.05) is 6.92 Å². The van der Waals surface area contributed by atoms with Gasteiger partial charge in [0.25, 0.3) is 5.91 Å². The summed E-state index contributed by atoms with van der Waals surface area (Å²) < 4.78 is 5.73. The van der Waals surface area contributed by atoms with Crippen LogP contribution in [0.5, 0.6) is 5.75 Å². The summed E-state index contributed by atoms with van der Waals surface area (Å²) in [5.74, 6) is 0.488. The Balaban J connectivity index is 2.22. The molecule has 2 rings (SSSR count). The van der Waals surface area contributed by atoms with E-state index in [1.807, 2.05) is 19.1 Å². The van der Waals surface area contributed by atoms with Gasteiger partial charge >= 0.3 is 0 Å². The van der Waals surface area contributed by atoms with Crippen LogP contribution in [0.15, 0.2) is 30.5 Å². The molecule has 0 saturated heterocycles. The van der Waals surface area contributed by atoms with Crippen LogP contribution < -0.4 is 15.8 Å². The van der Waals surface area contributed by atoms with Crippen molar-refractivity contribution >= 4 is 22.5 Å². The number of amides is 1. The number of nitrogens with two attached hydrogens (primary N) is 1. The molecule has 0 saturated carbocycles. The molecule has 1 amide bonds. The number of ether oxygens (including phenoxy) is 1. The van der Waals surface area contributed by atoms with Gasteiger partial charge in [-0.05, 0) is 37.6 Å². The van der Waals surface area contributed by atoms with Crippen molar-refractivity contribution in [2.24, 2.45) is 0 Å². The summed E-state index contributed by atoms with van der Waals surface area (Å²) in [5, 5.41) is 3.62. The number of carbonyl (C=O) groups is 1. The molecule has 5 nitrogen and oxygen atoms in total. The van der Waals surface area contributed by atoms with E-state index < -0.39 is 6.10 Å². The van der Waals surface area contributed by atoms with E-state index >= 15 is 0 Å². The molecular weight excluding hydrogens is 254 g/mol. The Bertz CT molecular complexity index is 613. The third-order valence-corrected chi connectivity index (χ3v) is 2.98. The summed E-state index contributed by atoms with van der Waals surface area (Å²) in [6, 6.07) is 7.20. The normalized spacial score (nSPS) is 12.1. The molecule has 1 heterocycles. The topological polar surface area (TPSA) is 77.2 Å². The van der Waals surface area contributed by atoms with Gasteiger partial charge in [0.05, 0.1) is 11.2 Å². The number of nitrogens with one attached hydrogen (secondary N) is 1. The van der Waals surface area contributed by atoms with E-state index in [0.717, 1.165) is 11.8 Å². The van der Waals surface area contributed by atoms with Crippen LogP contribution in [0.1, 0.15) is 20.3 Å². The lowest BCUT2D eigenvalue weighted by Crippen LogP contribution is -2.36. The molecule has 0 aliphatic carbocycles. The van der Waals surface area contributed by atoms with E-state index in [1.54, 1.807) is 25.3 Å². The predicted octanol–water partition coefficient (Wildman–Crippen LogP) is 2.11. The summed E-state index contributed by atoms with van der Waals surface area (Å²) in [6.45, 7) is 4.38. The molecule has 0 radical (unpaired) electrons. The zero-order valence-electron chi connectivity index (χ0n) is 11.7. The molecular formula is C15H19N3O2. The number of rotatable bonds is 5. The first kappa shape index (κ1) is 14.1. The summed E-state index contributed by atoms with van der Waals surface area (Å²) >= 11 is 0. The maximum Gasteiger partial charge on any atom is 0.260 e. The van der Waals surface area contributed by atoms with Crippen LogP contribution in [0.25, 0.3) is 10.9 Å². The van der Waals surface area contributed by atoms with Gasteiger partial charge < -0.3 is 15.8 Å². The van der Waals surface area contributed by atoms with Crippen molar-refractivity contribution in [3.05, 3.63) is 30.5 Å². The number of nitrogens with zero attached hydrogens (tertiary/aromatic N) is 1. The van der Waals surface area contributed by atoms with Crippen molar-refractivity contribution in [3.8, 4) is 5.75 Å². The maximum atomic E-state index is 11.8. The van der Waals surface area contributed by atoms with Crippen molar-refractivity contribution in [2.45, 2.75) is 26.4 Å². The summed E-state index contributed by atoms with van der Waals surface area (Å²) in [7, 11) is 0. The highest BCUT2D eigenvalue weighted by Gasteiger charge is 2.15. The molecule has 0 aliphatic heterocycles. The van der Waals surface area contributed by atoms with Crippen LogP contribution in [0.2, 0.25) is 0 Å². The van der Waals surface area contributed by atoms with Crippen molar-refractivity contribution in [1.29, 1.82) is 0 Å². The van der Waals surface area contributed by atoms with Gasteiger partial charge in [-0.2, -0.15) is 0 Å². The monoisotopic (exact) mass is 273 g/mol. The zero-order valence-corrected chi connectivity index (χ0v) is 11.7. The molecule has 3 N–H and O–H groups in total. The predicted molar refractivity (Wildman–Crippen MR) is 79.5 cm³/mol. The lowest BCUT2D eigenvalue weighted by atomic mass is 10.1. The third kappa shape index (κ3) is 2.99. The number of anilines is 1. The molecule has 0 fully saturated rings. The molecule has 1 aromatic carbocycles. The second-order valence-electron chi connectivity index (χ2n) is 4.60. The SMILES string of the molecule is CCCNC(=O)C(C)Oc1ccc(N)c2ncccc12. The quantitative estimate of drug-likeness (QED) is 0.818. The Kier molecular flexibility index (Phi) is 4.40. The number of nitrogen functional groups attached to an aromatic ring is 1. The van der Waals surface area contributed by atoms with Crippen LogP contribution >= 0.6 is 0 Å². The fraction of sp³-hybridized carbons (Fsp3) is 0.333. The fourth-order valence-electron chi connectivity index (χ4n) is 1.91. The number of pyridine rings is 1. The number of benzene rings is 1. The van der Waals surface area contributed by atoms with E-state index in [-0.39, 0.29) is 5.91 Å². The van der Waals surface area contributed by atoms with Gasteiger partial charge in [-0.25, -0.2) is 0 Å². The van der Waals surface area contributed by atoms with E-state index in [2.05, 4.69) is 10.3 Å². The van der Waals surface area contributed by atoms with Crippen LogP contribution in [0, 0.1) is 0 Å². The van der Waals surface area contributed by atoms with Gasteiger partial charge in [0.2, 0.25) is 0 Å². The fourth-order valence-corrected chi connectivity index (χ4v) is 1.91. The highest BCUT2D eigenvalue weighted by atomic mass is 16.5. The van der Waals surface area contributed by atoms with Crippen molar-refractivity contribution in [1.82, 2.24) is 10.3 Å². The smallest absolute Gasteiger partial charge is 0.260 e. The largest absolute Gasteiger partial charge is 0.480 e. The molecule has 2 aromatic rings. The molecule has 5 heteroatoms. The summed E-state index contributed by atoms with van der Waals surface area (Å²) in [6.07, 6.45) is 2.01. The van der Waals surface area contributed by atoms with Crippen molar-refractivity contribution in [3.63, 3.8) is 0 Å². The Morgan fingerprint density at radius 1 is 1.45 bits per heavy atom. The average Bonchev–Trinajstić information content (AvgIpc) is 2.47. The van der Waals surface area contributed by atoms with Gasteiger partial charge in [0.15, 0.2) is 6.10 Å². The van der Waals surface area contributed by atoms with E-state index in [4.69, 9.17) is 10.5 Å². The first-order chi connectivity index (χ1) is 9.63. The number of fused-ring (bicyclic) bond motifs is 1. The maximum absolute atomic E-state index is 11.8. The van der Waals surface area contributed by atoms with E-state index in [9.17, 15) is 4.79 Å². The van der Waals surface area contributed by atoms with Crippen LogP contribution in [-0.4, -0.2) is 23.5 Å². The van der Waals surface area contributed by atoms with Crippen LogP contribution in [0.4, 0.5) is 5.69 Å². The second-order valence-corrected chi connectivity index (χ2v) is 4.60. The first-order valence-corrected chi connectivity index (χ1v) is 6.71. The third-order valence-electron chi connectivity index (χ3n) is 2.98. The molecule has 1 unspecified atom stereocenters. The standard InChI is InChI=1S/C15H19N3O2/c1-3-8-18-15(19)10(2)20-13-7-6-12(16)14-11(13)5-4-9-17-14/h4-7,9-10H,3,8,16H2,1-2H3,(H,18,19). The number of aromatic nitrogens is 1. The van der Waals surface area contributed by atoms with Gasteiger partial charge in [0.1, 0.15) is 5.75 Å². The molecule has 1 atom stereocenters. The molecule has 0 aliphatic rings. The van der Waals surface area contributed by atoms with Gasteiger partial charge in [-0.3, -0.25) is 9.78 Å². The Hall–Kier alpha value is -2.30. The minimum Gasteiger partial charge on any atom is -0.480 e. The Labute approximate surface area is 118 Å². The number of hydrogen-bond acceptors (Lipinski definition) is 4. The second kappa shape index (κ2) is 6.23. The Morgan fingerprint density at radius 3 is 3.00 bits per heavy atom. The van der Waals surface area contributed by atoms with Crippen molar-refractivity contribution in [2.75, 3.05) is 12.3 Å². The molecule has 20 heavy (non-hydrogen) atoms. The summed E-state index contributed by atoms with van der Waals surface area (Å²) in [5.41, 5.74) is 7.16. The number of hydrogen-bond donors (Lipinski definition) is 2. The number of carbonyl (C=O) groups excluding carboxylic acids is 1. The first-order valence-electron chi connectivity index (χ1n) is 6.71. The lowest BCUT2D eigenvalue weighted by molar-refractivity contribution is -0.127. The Morgan fingerprint density at radius 2 is 2.25 bits per heavy atom. The molecule has 1 aromatic heterocycles. The van der Waals surface area contributed by atoms with Crippen LogP contribution in [-0.2, 0) is 4.79 Å². The van der Waals surface area contributed by atoms with Crippen molar-refractivity contribution < 1.29 is 9.53 Å². The average molecular weight is 273 g/mol. The molecule has 0 spiro atoms. The van der Waals surface area contributed by atoms with Gasteiger partial charge in [0, 0.05) is 18.1 Å². The summed E-state index contributed by atoms with van der Waals surface area (Å²) in [4.78, 5) is 16.1. The van der Waals surface area contributed by atoms with E-state index in [1.165, 1.54) is 0 Å². The minimum absolute atomic E-state index is 0.124.